The lowest BCUT2D eigenvalue weighted by Gasteiger charge is -2.27. The minimum absolute atomic E-state index is 0.0676. The summed E-state index contributed by atoms with van der Waals surface area (Å²) < 4.78 is 13.2. The van der Waals surface area contributed by atoms with Gasteiger partial charge in [-0.05, 0) is 54.4 Å². The third-order valence-corrected chi connectivity index (χ3v) is 5.48. The first-order valence-electron chi connectivity index (χ1n) is 9.26. The molecule has 0 amide bonds. The van der Waals surface area contributed by atoms with Gasteiger partial charge in [-0.15, -0.1) is 0 Å². The zero-order valence-electron chi connectivity index (χ0n) is 15.8. The highest BCUT2D eigenvalue weighted by Crippen LogP contribution is 2.41. The predicted molar refractivity (Wildman–Crippen MR) is 113 cm³/mol. The van der Waals surface area contributed by atoms with E-state index in [-0.39, 0.29) is 11.9 Å². The van der Waals surface area contributed by atoms with Crippen LogP contribution in [-0.4, -0.2) is 5.78 Å². The Kier molecular flexibility index (Phi) is 5.37. The molecule has 0 aromatic heterocycles. The van der Waals surface area contributed by atoms with E-state index >= 15 is 0 Å². The fourth-order valence-electron chi connectivity index (χ4n) is 3.39. The maximum atomic E-state index is 12.7. The molecule has 1 aliphatic heterocycles. The molecule has 4 rings (SSSR count). The molecule has 1 unspecified atom stereocenters. The number of carbonyl (C=O) groups excluding carboxylic acids is 1. The van der Waals surface area contributed by atoms with Crippen molar-refractivity contribution in [3.05, 3.63) is 93.0 Å². The topological polar surface area (TPSA) is 59.3 Å². The van der Waals surface area contributed by atoms with Gasteiger partial charge >= 0.3 is 0 Å². The molecule has 1 heterocycles. The number of halogens is 1. The number of Topliss-reactive ketones (excluding diaryl/α,β-unsaturated/α-hetero) is 1. The van der Waals surface area contributed by atoms with Gasteiger partial charge in [-0.25, -0.2) is 0 Å². The van der Waals surface area contributed by atoms with E-state index in [1.54, 1.807) is 18.2 Å². The van der Waals surface area contributed by atoms with Crippen LogP contribution in [0.4, 0.5) is 0 Å². The summed E-state index contributed by atoms with van der Waals surface area (Å²) >= 11 is 3.48. The van der Waals surface area contributed by atoms with Crippen molar-refractivity contribution in [2.75, 3.05) is 0 Å². The Balaban J connectivity index is 1.57. The van der Waals surface area contributed by atoms with Gasteiger partial charge in [0.15, 0.2) is 5.78 Å². The lowest BCUT2D eigenvalue weighted by Crippen LogP contribution is -2.21. The van der Waals surface area contributed by atoms with E-state index in [4.69, 9.17) is 14.7 Å². The van der Waals surface area contributed by atoms with Crippen molar-refractivity contribution >= 4 is 21.7 Å². The van der Waals surface area contributed by atoms with Crippen LogP contribution in [0.5, 0.6) is 11.5 Å². The zero-order chi connectivity index (χ0) is 20.4. The summed E-state index contributed by atoms with van der Waals surface area (Å²) in [6.45, 7) is 2.28. The lowest BCUT2D eigenvalue weighted by molar-refractivity contribution is 0.0847. The molecule has 5 heteroatoms. The summed E-state index contributed by atoms with van der Waals surface area (Å²) in [5.74, 6) is 1.33. The largest absolute Gasteiger partial charge is 0.488 e. The van der Waals surface area contributed by atoms with Crippen LogP contribution in [0.3, 0.4) is 0 Å². The number of ketones is 1. The molecular weight excluding hydrogens is 430 g/mol. The summed E-state index contributed by atoms with van der Waals surface area (Å²) in [6.07, 6.45) is -0.00564. The van der Waals surface area contributed by atoms with E-state index in [0.29, 0.717) is 35.7 Å². The van der Waals surface area contributed by atoms with Crippen molar-refractivity contribution in [3.63, 3.8) is 0 Å². The minimum atomic E-state index is -0.319. The second-order valence-electron chi connectivity index (χ2n) is 6.95. The van der Waals surface area contributed by atoms with Crippen LogP contribution in [0, 0.1) is 18.3 Å². The monoisotopic (exact) mass is 447 g/mol. The molecule has 4 nitrogen and oxygen atoms in total. The Morgan fingerprint density at radius 3 is 2.69 bits per heavy atom. The third-order valence-electron chi connectivity index (χ3n) is 4.99. The van der Waals surface area contributed by atoms with Gasteiger partial charge < -0.3 is 9.47 Å². The smallest absolute Gasteiger partial charge is 0.170 e. The molecule has 0 N–H and O–H groups in total. The summed E-state index contributed by atoms with van der Waals surface area (Å²) in [6, 6.07) is 20.8. The van der Waals surface area contributed by atoms with Gasteiger partial charge in [0.2, 0.25) is 0 Å². The number of carbonyl (C=O) groups is 1. The molecule has 144 valence electrons. The average molecular weight is 448 g/mol. The van der Waals surface area contributed by atoms with Crippen molar-refractivity contribution in [1.82, 2.24) is 0 Å². The highest BCUT2D eigenvalue weighted by atomic mass is 79.9. The van der Waals surface area contributed by atoms with Crippen molar-refractivity contribution in [2.24, 2.45) is 0 Å². The van der Waals surface area contributed by atoms with Gasteiger partial charge in [0, 0.05) is 10.0 Å². The number of hydrogen-bond donors (Lipinski definition) is 0. The maximum Gasteiger partial charge on any atom is 0.170 e. The SMILES string of the molecule is Cc1c(OCc2ccc(C#N)cc2)ccc2c1OC(c1cccc(Br)c1)CC2=O. The second kappa shape index (κ2) is 8.10. The lowest BCUT2D eigenvalue weighted by atomic mass is 9.94. The van der Waals surface area contributed by atoms with Crippen molar-refractivity contribution < 1.29 is 14.3 Å². The highest BCUT2D eigenvalue weighted by Gasteiger charge is 2.30. The number of rotatable bonds is 4. The van der Waals surface area contributed by atoms with E-state index in [1.165, 1.54) is 0 Å². The summed E-state index contributed by atoms with van der Waals surface area (Å²) in [4.78, 5) is 12.7. The Morgan fingerprint density at radius 2 is 1.97 bits per heavy atom. The first-order valence-corrected chi connectivity index (χ1v) is 10.0. The standard InChI is InChI=1S/C24H18BrNO3/c1-15-22(28-14-17-7-5-16(13-26)6-8-17)10-9-20-21(27)12-23(29-24(15)20)18-3-2-4-19(25)11-18/h2-11,23H,12,14H2,1H3. The van der Waals surface area contributed by atoms with Crippen LogP contribution in [-0.2, 0) is 6.61 Å². The normalized spacial score (nSPS) is 15.2. The van der Waals surface area contributed by atoms with Crippen molar-refractivity contribution in [3.8, 4) is 17.6 Å². The molecule has 3 aromatic carbocycles. The van der Waals surface area contributed by atoms with Crippen LogP contribution < -0.4 is 9.47 Å². The summed E-state index contributed by atoms with van der Waals surface area (Å²) in [7, 11) is 0. The van der Waals surface area contributed by atoms with E-state index < -0.39 is 0 Å². The summed E-state index contributed by atoms with van der Waals surface area (Å²) in [5, 5.41) is 8.90. The molecule has 0 bridgehead atoms. The first kappa shape index (κ1) is 19.2. The number of nitrogens with zero attached hydrogens (tertiary/aromatic N) is 1. The molecular formula is C24H18BrNO3. The zero-order valence-corrected chi connectivity index (χ0v) is 17.4. The molecule has 29 heavy (non-hydrogen) atoms. The number of benzene rings is 3. The van der Waals surface area contributed by atoms with Gasteiger partial charge in [-0.3, -0.25) is 4.79 Å². The van der Waals surface area contributed by atoms with E-state index in [1.807, 2.05) is 49.4 Å². The van der Waals surface area contributed by atoms with Gasteiger partial charge in [0.05, 0.1) is 23.6 Å². The number of fused-ring (bicyclic) bond motifs is 1. The van der Waals surface area contributed by atoms with E-state index in [9.17, 15) is 4.79 Å². The van der Waals surface area contributed by atoms with Gasteiger partial charge in [-0.2, -0.15) is 5.26 Å². The fraction of sp³-hybridized carbons (Fsp3) is 0.167. The van der Waals surface area contributed by atoms with Crippen molar-refractivity contribution in [1.29, 1.82) is 5.26 Å². The predicted octanol–water partition coefficient (Wildman–Crippen LogP) is 5.91. The third kappa shape index (κ3) is 4.03. The average Bonchev–Trinajstić information content (AvgIpc) is 2.74. The number of ether oxygens (including phenoxy) is 2. The molecule has 1 atom stereocenters. The molecule has 3 aromatic rings. The van der Waals surface area contributed by atoms with Gasteiger partial charge in [0.25, 0.3) is 0 Å². The Hall–Kier alpha value is -3.10. The van der Waals surface area contributed by atoms with Crippen molar-refractivity contribution in [2.45, 2.75) is 26.1 Å². The van der Waals surface area contributed by atoms with Crippen LogP contribution in [0.2, 0.25) is 0 Å². The Labute approximate surface area is 177 Å². The molecule has 0 saturated heterocycles. The molecule has 0 aliphatic carbocycles. The minimum Gasteiger partial charge on any atom is -0.488 e. The highest BCUT2D eigenvalue weighted by molar-refractivity contribution is 9.10. The fourth-order valence-corrected chi connectivity index (χ4v) is 3.81. The molecule has 0 saturated carbocycles. The number of hydrogen-bond acceptors (Lipinski definition) is 4. The van der Waals surface area contributed by atoms with Gasteiger partial charge in [0.1, 0.15) is 24.2 Å². The van der Waals surface area contributed by atoms with E-state index in [2.05, 4.69) is 22.0 Å². The second-order valence-corrected chi connectivity index (χ2v) is 7.87. The molecule has 0 fully saturated rings. The first-order chi connectivity index (χ1) is 14.0. The molecule has 1 aliphatic rings. The Morgan fingerprint density at radius 1 is 1.17 bits per heavy atom. The summed E-state index contributed by atoms with van der Waals surface area (Å²) in [5.41, 5.74) is 3.94. The van der Waals surface area contributed by atoms with Crippen LogP contribution in [0.25, 0.3) is 0 Å². The van der Waals surface area contributed by atoms with Crippen LogP contribution in [0.1, 0.15) is 45.1 Å². The molecule has 0 radical (unpaired) electrons. The van der Waals surface area contributed by atoms with Gasteiger partial charge in [-0.1, -0.05) is 40.2 Å². The number of nitriles is 1. The molecule has 0 spiro atoms. The van der Waals surface area contributed by atoms with Crippen LogP contribution >= 0.6 is 15.9 Å². The maximum absolute atomic E-state index is 12.7. The van der Waals surface area contributed by atoms with E-state index in [0.717, 1.165) is 21.2 Å². The van der Waals surface area contributed by atoms with Crippen LogP contribution in [0.15, 0.2) is 65.1 Å². The Bertz CT molecular complexity index is 1120. The quantitative estimate of drug-likeness (QED) is 0.498.